The van der Waals surface area contributed by atoms with Crippen LogP contribution in [0.1, 0.15) is 51.4 Å². The van der Waals surface area contributed by atoms with Crippen LogP contribution in [0.25, 0.3) is 0 Å². The number of hydrogen-bond acceptors (Lipinski definition) is 4. The van der Waals surface area contributed by atoms with E-state index in [1.54, 1.807) is 0 Å². The molecular weight excluding hydrogens is 414 g/mol. The van der Waals surface area contributed by atoms with Gasteiger partial charge in [0, 0.05) is 30.0 Å². The third kappa shape index (κ3) is 3.28. The van der Waals surface area contributed by atoms with Gasteiger partial charge in [0.15, 0.2) is 12.5 Å². The normalized spacial score (nSPS) is 36.5. The summed E-state index contributed by atoms with van der Waals surface area (Å²) in [7, 11) is 0. The van der Waals surface area contributed by atoms with Crippen LogP contribution in [0.4, 0.5) is 11.4 Å². The van der Waals surface area contributed by atoms with Gasteiger partial charge >= 0.3 is 0 Å². The standard InChI is InChI=1S/C23H32BrN3O/c24-19-7-3-6-18-17(19)5-4-10-21(18)26-13-11-16(12-14-26)27-22-9-2-1-8-20(22)25-23(27)15-28/h1-2,8-9,15-19,21,23,25H,3-7,10-14H2. The molecule has 0 amide bonds. The number of nitrogens with one attached hydrogen (secondary N) is 1. The Morgan fingerprint density at radius 2 is 1.71 bits per heavy atom. The lowest BCUT2D eigenvalue weighted by molar-refractivity contribution is -0.108. The number of piperidine rings is 1. The van der Waals surface area contributed by atoms with Gasteiger partial charge in [-0.1, -0.05) is 40.9 Å². The number of hydrogen-bond donors (Lipinski definition) is 1. The van der Waals surface area contributed by atoms with Crippen LogP contribution in [0.5, 0.6) is 0 Å². The molecule has 4 aliphatic rings. The molecule has 2 aliphatic heterocycles. The van der Waals surface area contributed by atoms with Gasteiger partial charge in [-0.2, -0.15) is 0 Å². The first kappa shape index (κ1) is 18.9. The van der Waals surface area contributed by atoms with E-state index in [0.717, 1.165) is 47.5 Å². The van der Waals surface area contributed by atoms with Crippen molar-refractivity contribution < 1.29 is 4.79 Å². The lowest BCUT2D eigenvalue weighted by atomic mass is 9.67. The second kappa shape index (κ2) is 7.98. The summed E-state index contributed by atoms with van der Waals surface area (Å²) in [5, 5.41) is 3.39. The molecule has 5 unspecified atom stereocenters. The Hall–Kier alpha value is -1.07. The van der Waals surface area contributed by atoms with Crippen LogP contribution in [0.15, 0.2) is 24.3 Å². The zero-order valence-electron chi connectivity index (χ0n) is 16.6. The Morgan fingerprint density at radius 3 is 2.54 bits per heavy atom. The van der Waals surface area contributed by atoms with Gasteiger partial charge < -0.3 is 10.2 Å². The number of nitrogens with zero attached hydrogens (tertiary/aromatic N) is 2. The van der Waals surface area contributed by atoms with E-state index in [1.165, 1.54) is 57.3 Å². The fourth-order valence-corrected chi connectivity index (χ4v) is 7.55. The van der Waals surface area contributed by atoms with Gasteiger partial charge in [-0.3, -0.25) is 9.69 Å². The van der Waals surface area contributed by atoms with E-state index in [4.69, 9.17) is 0 Å². The van der Waals surface area contributed by atoms with Gasteiger partial charge in [-0.25, -0.2) is 0 Å². The number of likely N-dealkylation sites (tertiary alicyclic amines) is 1. The molecule has 4 nitrogen and oxygen atoms in total. The van der Waals surface area contributed by atoms with Gasteiger partial charge in [-0.15, -0.1) is 0 Å². The Morgan fingerprint density at radius 1 is 0.964 bits per heavy atom. The van der Waals surface area contributed by atoms with Crippen molar-refractivity contribution in [3.8, 4) is 0 Å². The number of halogens is 1. The van der Waals surface area contributed by atoms with Crippen LogP contribution in [0.3, 0.4) is 0 Å². The third-order valence-corrected chi connectivity index (χ3v) is 8.98. The third-order valence-electron chi connectivity index (χ3n) is 7.84. The summed E-state index contributed by atoms with van der Waals surface area (Å²) in [5.74, 6) is 1.78. The molecule has 28 heavy (non-hydrogen) atoms. The smallest absolute Gasteiger partial charge is 0.162 e. The predicted molar refractivity (Wildman–Crippen MR) is 118 cm³/mol. The zero-order chi connectivity index (χ0) is 19.1. The highest BCUT2D eigenvalue weighted by molar-refractivity contribution is 9.09. The van der Waals surface area contributed by atoms with Gasteiger partial charge in [0.05, 0.1) is 11.4 Å². The van der Waals surface area contributed by atoms with Crippen molar-refractivity contribution in [2.24, 2.45) is 11.8 Å². The summed E-state index contributed by atoms with van der Waals surface area (Å²) in [6, 6.07) is 9.60. The quantitative estimate of drug-likeness (QED) is 0.542. The van der Waals surface area contributed by atoms with Crippen LogP contribution >= 0.6 is 15.9 Å². The Bertz CT molecular complexity index is 705. The summed E-state index contributed by atoms with van der Waals surface area (Å²) in [5.41, 5.74) is 2.30. The molecule has 2 heterocycles. The molecule has 1 aromatic rings. The van der Waals surface area contributed by atoms with Crippen molar-refractivity contribution in [3.63, 3.8) is 0 Å². The largest absolute Gasteiger partial charge is 0.358 e. The van der Waals surface area contributed by atoms with Crippen LogP contribution in [-0.2, 0) is 4.79 Å². The first-order valence-electron chi connectivity index (χ1n) is 11.2. The molecule has 152 valence electrons. The van der Waals surface area contributed by atoms with Crippen molar-refractivity contribution in [2.75, 3.05) is 23.3 Å². The van der Waals surface area contributed by atoms with E-state index in [-0.39, 0.29) is 6.17 Å². The number of benzene rings is 1. The van der Waals surface area contributed by atoms with Crippen molar-refractivity contribution in [1.29, 1.82) is 0 Å². The van der Waals surface area contributed by atoms with E-state index in [2.05, 4.69) is 49.2 Å². The molecule has 1 N–H and O–H groups in total. The van der Waals surface area contributed by atoms with Gasteiger partial charge in [0.1, 0.15) is 0 Å². The number of fused-ring (bicyclic) bond motifs is 2. The molecule has 0 bridgehead atoms. The van der Waals surface area contributed by atoms with Gasteiger partial charge in [0.2, 0.25) is 0 Å². The number of rotatable bonds is 3. The Balaban J connectivity index is 1.27. The summed E-state index contributed by atoms with van der Waals surface area (Å²) >= 11 is 4.00. The molecule has 0 radical (unpaired) electrons. The van der Waals surface area contributed by atoms with E-state index in [9.17, 15) is 4.79 Å². The fourth-order valence-electron chi connectivity index (χ4n) is 6.57. The number of para-hydroxylation sites is 2. The highest BCUT2D eigenvalue weighted by atomic mass is 79.9. The fraction of sp³-hybridized carbons (Fsp3) is 0.696. The molecule has 1 saturated heterocycles. The zero-order valence-corrected chi connectivity index (χ0v) is 18.2. The first-order valence-corrected chi connectivity index (χ1v) is 12.1. The maximum atomic E-state index is 11.7. The minimum atomic E-state index is -0.208. The van der Waals surface area contributed by atoms with E-state index < -0.39 is 0 Å². The Labute approximate surface area is 177 Å². The number of carbonyl (C=O) groups is 1. The molecule has 2 saturated carbocycles. The van der Waals surface area contributed by atoms with Crippen molar-refractivity contribution in [1.82, 2.24) is 4.90 Å². The lowest BCUT2D eigenvalue weighted by Crippen LogP contribution is -2.55. The van der Waals surface area contributed by atoms with Crippen LogP contribution in [-0.4, -0.2) is 47.4 Å². The molecule has 0 spiro atoms. The van der Waals surface area contributed by atoms with Crippen molar-refractivity contribution >= 4 is 33.6 Å². The van der Waals surface area contributed by atoms with Crippen LogP contribution in [0.2, 0.25) is 0 Å². The molecule has 5 heteroatoms. The maximum absolute atomic E-state index is 11.7. The molecule has 0 aromatic heterocycles. The molecular formula is C23H32BrN3O. The highest BCUT2D eigenvalue weighted by Gasteiger charge is 2.43. The minimum absolute atomic E-state index is 0.208. The molecule has 5 atom stereocenters. The predicted octanol–water partition coefficient (Wildman–Crippen LogP) is 4.64. The summed E-state index contributed by atoms with van der Waals surface area (Å²) in [6.45, 7) is 2.35. The lowest BCUT2D eigenvalue weighted by Gasteiger charge is -2.50. The number of alkyl halides is 1. The number of carbonyl (C=O) groups excluding carboxylic acids is 1. The SMILES string of the molecule is O=CC1Nc2ccccc2N1C1CCN(C2CCCC3C(Br)CCCC32)CC1. The summed E-state index contributed by atoms with van der Waals surface area (Å²) in [4.78, 5) is 17.6. The van der Waals surface area contributed by atoms with Crippen molar-refractivity contribution in [2.45, 2.75) is 74.4 Å². The first-order chi connectivity index (χ1) is 13.8. The van der Waals surface area contributed by atoms with E-state index in [1.807, 2.05) is 6.07 Å². The maximum Gasteiger partial charge on any atom is 0.162 e. The topological polar surface area (TPSA) is 35.6 Å². The second-order valence-electron chi connectivity index (χ2n) is 9.19. The monoisotopic (exact) mass is 445 g/mol. The van der Waals surface area contributed by atoms with E-state index >= 15 is 0 Å². The second-order valence-corrected chi connectivity index (χ2v) is 10.4. The van der Waals surface area contributed by atoms with Gasteiger partial charge in [-0.05, 0) is 62.5 Å². The molecule has 3 fully saturated rings. The van der Waals surface area contributed by atoms with Crippen molar-refractivity contribution in [3.05, 3.63) is 24.3 Å². The Kier molecular flexibility index (Phi) is 5.40. The average Bonchev–Trinajstić information content (AvgIpc) is 3.12. The summed E-state index contributed by atoms with van der Waals surface area (Å²) in [6.07, 6.45) is 11.6. The average molecular weight is 446 g/mol. The molecule has 5 rings (SSSR count). The van der Waals surface area contributed by atoms with E-state index in [0.29, 0.717) is 6.04 Å². The minimum Gasteiger partial charge on any atom is -0.358 e. The van der Waals surface area contributed by atoms with Gasteiger partial charge in [0.25, 0.3) is 0 Å². The number of aldehydes is 1. The summed E-state index contributed by atoms with van der Waals surface area (Å²) < 4.78 is 0. The van der Waals surface area contributed by atoms with Crippen LogP contribution in [0, 0.1) is 11.8 Å². The number of anilines is 2. The van der Waals surface area contributed by atoms with Crippen LogP contribution < -0.4 is 10.2 Å². The molecule has 1 aromatic carbocycles. The molecule has 2 aliphatic carbocycles. The highest BCUT2D eigenvalue weighted by Crippen LogP contribution is 2.46.